The van der Waals surface area contributed by atoms with Crippen LogP contribution in [0.25, 0.3) is 0 Å². The molecule has 1 aromatic rings. The molecule has 0 saturated carbocycles. The average Bonchev–Trinajstić information content (AvgIpc) is 2.60. The van der Waals surface area contributed by atoms with Crippen molar-refractivity contribution in [3.8, 4) is 5.75 Å². The summed E-state index contributed by atoms with van der Waals surface area (Å²) in [6.45, 7) is 2.93. The van der Waals surface area contributed by atoms with Gasteiger partial charge in [-0.2, -0.15) is 0 Å². The number of aliphatic hydroxyl groups is 1. The molecule has 6 nitrogen and oxygen atoms in total. The number of halogens is 1. The van der Waals surface area contributed by atoms with E-state index in [9.17, 15) is 9.90 Å². The van der Waals surface area contributed by atoms with Gasteiger partial charge in [0.15, 0.2) is 0 Å². The van der Waals surface area contributed by atoms with Crippen molar-refractivity contribution in [1.29, 1.82) is 0 Å². The second-order valence-electron chi connectivity index (χ2n) is 6.62. The highest BCUT2D eigenvalue weighted by Crippen LogP contribution is 2.35. The van der Waals surface area contributed by atoms with Crippen molar-refractivity contribution in [2.45, 2.75) is 18.4 Å². The van der Waals surface area contributed by atoms with Gasteiger partial charge >= 0.3 is 0 Å². The smallest absolute Gasteiger partial charge is 0.255 e. The maximum atomic E-state index is 12.6. The van der Waals surface area contributed by atoms with E-state index in [1.54, 1.807) is 19.2 Å². The lowest BCUT2D eigenvalue weighted by atomic mass is 9.75. The zero-order valence-corrected chi connectivity index (χ0v) is 14.8. The minimum Gasteiger partial charge on any atom is -0.496 e. The predicted octanol–water partition coefficient (Wildman–Crippen LogP) is 1.58. The van der Waals surface area contributed by atoms with Gasteiger partial charge in [-0.15, -0.1) is 0 Å². The number of hydrogen-bond donors (Lipinski definition) is 3. The molecule has 3 heterocycles. The van der Waals surface area contributed by atoms with Crippen LogP contribution in [0.15, 0.2) is 12.1 Å². The molecular weight excluding hydrogens is 330 g/mol. The monoisotopic (exact) mass is 353 g/mol. The second kappa shape index (κ2) is 6.78. The van der Waals surface area contributed by atoms with Crippen LogP contribution in [-0.2, 0) is 0 Å². The fraction of sp³-hybridized carbons (Fsp3) is 0.588. The van der Waals surface area contributed by atoms with E-state index in [0.717, 1.165) is 25.9 Å². The molecule has 0 radical (unpaired) electrons. The number of fused-ring (bicyclic) bond motifs is 3. The fourth-order valence-electron chi connectivity index (χ4n) is 3.76. The summed E-state index contributed by atoms with van der Waals surface area (Å²) in [7, 11) is 3.27. The third kappa shape index (κ3) is 3.18. The van der Waals surface area contributed by atoms with Crippen LogP contribution < -0.4 is 15.4 Å². The summed E-state index contributed by atoms with van der Waals surface area (Å²) < 4.78 is 5.30. The second-order valence-corrected chi connectivity index (χ2v) is 7.03. The quantitative estimate of drug-likeness (QED) is 0.749. The highest BCUT2D eigenvalue weighted by Gasteiger charge is 2.45. The van der Waals surface area contributed by atoms with Crippen LogP contribution in [0.3, 0.4) is 0 Å². The average molecular weight is 354 g/mol. The van der Waals surface area contributed by atoms with Gasteiger partial charge in [-0.25, -0.2) is 0 Å². The Morgan fingerprint density at radius 3 is 2.71 bits per heavy atom. The Balaban J connectivity index is 1.72. The summed E-state index contributed by atoms with van der Waals surface area (Å²) in [5.41, 5.74) is 0.209. The minimum absolute atomic E-state index is 0.238. The number of rotatable bonds is 5. The number of anilines is 1. The van der Waals surface area contributed by atoms with E-state index in [4.69, 9.17) is 16.3 Å². The minimum atomic E-state index is -0.853. The topological polar surface area (TPSA) is 73.8 Å². The van der Waals surface area contributed by atoms with Crippen molar-refractivity contribution in [2.75, 3.05) is 45.7 Å². The third-order valence-corrected chi connectivity index (χ3v) is 5.52. The van der Waals surface area contributed by atoms with Crippen LogP contribution >= 0.6 is 11.6 Å². The molecular formula is C17H24ClN3O3. The first kappa shape index (κ1) is 17.3. The third-order valence-electron chi connectivity index (χ3n) is 5.20. The van der Waals surface area contributed by atoms with Gasteiger partial charge in [-0.3, -0.25) is 4.79 Å². The summed E-state index contributed by atoms with van der Waals surface area (Å²) in [5, 5.41) is 17.2. The Bertz CT molecular complexity index is 632. The summed E-state index contributed by atoms with van der Waals surface area (Å²) in [4.78, 5) is 14.8. The number of amides is 1. The normalized spacial score (nSPS) is 28.5. The van der Waals surface area contributed by atoms with Crippen LogP contribution in [0.1, 0.15) is 23.2 Å². The number of carbonyl (C=O) groups is 1. The van der Waals surface area contributed by atoms with Gasteiger partial charge in [0.25, 0.3) is 5.91 Å². The highest BCUT2D eigenvalue weighted by molar-refractivity contribution is 6.33. The fourth-order valence-corrected chi connectivity index (χ4v) is 4.02. The summed E-state index contributed by atoms with van der Waals surface area (Å²) in [6, 6.07) is 3.28. The van der Waals surface area contributed by atoms with Crippen molar-refractivity contribution in [3.63, 3.8) is 0 Å². The van der Waals surface area contributed by atoms with Crippen molar-refractivity contribution in [2.24, 2.45) is 5.92 Å². The molecule has 3 aliphatic heterocycles. The van der Waals surface area contributed by atoms with Crippen molar-refractivity contribution in [1.82, 2.24) is 10.2 Å². The van der Waals surface area contributed by atoms with E-state index in [0.29, 0.717) is 28.6 Å². The van der Waals surface area contributed by atoms with Crippen LogP contribution in [0.5, 0.6) is 5.75 Å². The standard InChI is InChI=1S/C17H24ClN3O3/c1-19-14-8-15(24-2)12(7-13(14)18)16(22)20-9-17(23)10-21-5-3-11(17)4-6-21/h7-8,11,19,23H,3-6,9-10H2,1-2H3,(H,20,22). The first-order chi connectivity index (χ1) is 11.5. The van der Waals surface area contributed by atoms with Gasteiger partial charge < -0.3 is 25.4 Å². The van der Waals surface area contributed by atoms with E-state index in [1.807, 2.05) is 0 Å². The molecule has 1 aromatic carbocycles. The van der Waals surface area contributed by atoms with Crippen molar-refractivity contribution in [3.05, 3.63) is 22.7 Å². The lowest BCUT2D eigenvalue weighted by molar-refractivity contribution is -0.108. The maximum Gasteiger partial charge on any atom is 0.255 e. The Morgan fingerprint density at radius 1 is 1.46 bits per heavy atom. The van der Waals surface area contributed by atoms with Gasteiger partial charge in [0.1, 0.15) is 5.75 Å². The summed E-state index contributed by atoms with van der Waals surface area (Å²) in [5.74, 6) is 0.406. The maximum absolute atomic E-state index is 12.6. The first-order valence-electron chi connectivity index (χ1n) is 8.25. The van der Waals surface area contributed by atoms with Crippen LogP contribution in [0.4, 0.5) is 5.69 Å². The molecule has 3 saturated heterocycles. The molecule has 3 aliphatic rings. The summed E-state index contributed by atoms with van der Waals surface area (Å²) >= 11 is 6.18. The summed E-state index contributed by atoms with van der Waals surface area (Å²) in [6.07, 6.45) is 1.97. The SMILES string of the molecule is CNc1cc(OC)c(C(=O)NCC2(O)CN3CCC2CC3)cc1Cl. The van der Waals surface area contributed by atoms with E-state index in [2.05, 4.69) is 15.5 Å². The van der Waals surface area contributed by atoms with Crippen LogP contribution in [0, 0.1) is 5.92 Å². The number of carbonyl (C=O) groups excluding carboxylic acids is 1. The van der Waals surface area contributed by atoms with E-state index in [1.165, 1.54) is 7.11 Å². The molecule has 2 bridgehead atoms. The van der Waals surface area contributed by atoms with Gasteiger partial charge in [0.05, 0.1) is 29.0 Å². The molecule has 0 aromatic heterocycles. The van der Waals surface area contributed by atoms with E-state index < -0.39 is 5.60 Å². The Kier molecular flexibility index (Phi) is 4.90. The van der Waals surface area contributed by atoms with E-state index in [-0.39, 0.29) is 18.4 Å². The number of ether oxygens (including phenoxy) is 1. The lowest BCUT2D eigenvalue weighted by Gasteiger charge is -2.50. The Hall–Kier alpha value is -1.50. The first-order valence-corrected chi connectivity index (χ1v) is 8.63. The number of nitrogens with one attached hydrogen (secondary N) is 2. The Morgan fingerprint density at radius 2 is 2.17 bits per heavy atom. The number of nitrogens with zero attached hydrogens (tertiary/aromatic N) is 1. The molecule has 1 atom stereocenters. The van der Waals surface area contributed by atoms with Crippen LogP contribution in [-0.4, -0.2) is 61.9 Å². The molecule has 1 amide bonds. The number of hydrogen-bond acceptors (Lipinski definition) is 5. The number of methoxy groups -OCH3 is 1. The number of piperidine rings is 3. The molecule has 0 aliphatic carbocycles. The van der Waals surface area contributed by atoms with E-state index >= 15 is 0 Å². The van der Waals surface area contributed by atoms with Crippen LogP contribution in [0.2, 0.25) is 5.02 Å². The number of benzene rings is 1. The highest BCUT2D eigenvalue weighted by atomic mass is 35.5. The molecule has 0 spiro atoms. The zero-order chi connectivity index (χ0) is 17.3. The van der Waals surface area contributed by atoms with Crippen molar-refractivity contribution >= 4 is 23.2 Å². The molecule has 3 fully saturated rings. The lowest BCUT2D eigenvalue weighted by Crippen LogP contribution is -2.63. The largest absolute Gasteiger partial charge is 0.496 e. The molecule has 7 heteroatoms. The van der Waals surface area contributed by atoms with Crippen molar-refractivity contribution < 1.29 is 14.6 Å². The van der Waals surface area contributed by atoms with Gasteiger partial charge in [-0.05, 0) is 37.9 Å². The van der Waals surface area contributed by atoms with Gasteiger partial charge in [0.2, 0.25) is 0 Å². The molecule has 4 rings (SSSR count). The van der Waals surface area contributed by atoms with Gasteiger partial charge in [-0.1, -0.05) is 11.6 Å². The molecule has 1 unspecified atom stereocenters. The Labute approximate surface area is 147 Å². The van der Waals surface area contributed by atoms with Gasteiger partial charge in [0, 0.05) is 26.2 Å². The molecule has 3 N–H and O–H groups in total. The zero-order valence-electron chi connectivity index (χ0n) is 14.1. The molecule has 132 valence electrons. The molecule has 24 heavy (non-hydrogen) atoms. The predicted molar refractivity (Wildman–Crippen MR) is 94.0 cm³/mol.